The summed E-state index contributed by atoms with van der Waals surface area (Å²) in [5.41, 5.74) is -0.0275. The summed E-state index contributed by atoms with van der Waals surface area (Å²) in [6.45, 7) is 5.96. The van der Waals surface area contributed by atoms with Crippen molar-refractivity contribution in [1.29, 1.82) is 0 Å². The van der Waals surface area contributed by atoms with Gasteiger partial charge in [0, 0.05) is 17.8 Å². The number of aliphatic carboxylic acids is 1. The molecule has 1 unspecified atom stereocenters. The highest BCUT2D eigenvalue weighted by Gasteiger charge is 2.46. The smallest absolute Gasteiger partial charge is 0.329 e. The van der Waals surface area contributed by atoms with Gasteiger partial charge in [0.05, 0.1) is 0 Å². The van der Waals surface area contributed by atoms with E-state index in [1.165, 1.54) is 11.0 Å². The first kappa shape index (κ1) is 15.8. The number of halogens is 1. The Morgan fingerprint density at radius 1 is 1.43 bits per heavy atom. The van der Waals surface area contributed by atoms with Gasteiger partial charge >= 0.3 is 5.97 Å². The normalized spacial score (nSPS) is 21.9. The molecule has 0 radical (unpaired) electrons. The van der Waals surface area contributed by atoms with E-state index < -0.39 is 11.5 Å². The SMILES string of the molecule is CC(C)c1cc(C(=O)N2CCCC2(C)C(=O)O)cc(Cl)n1. The molecule has 1 aliphatic rings. The molecule has 6 heteroatoms. The monoisotopic (exact) mass is 310 g/mol. The minimum Gasteiger partial charge on any atom is -0.480 e. The molecule has 1 aromatic rings. The van der Waals surface area contributed by atoms with Gasteiger partial charge in [-0.15, -0.1) is 0 Å². The lowest BCUT2D eigenvalue weighted by Gasteiger charge is -2.31. The molecule has 1 saturated heterocycles. The molecule has 1 atom stereocenters. The third-order valence-electron chi connectivity index (χ3n) is 4.00. The Balaban J connectivity index is 2.38. The summed E-state index contributed by atoms with van der Waals surface area (Å²) in [7, 11) is 0. The highest BCUT2D eigenvalue weighted by molar-refractivity contribution is 6.29. The van der Waals surface area contributed by atoms with Gasteiger partial charge in [-0.05, 0) is 37.8 Å². The van der Waals surface area contributed by atoms with Crippen molar-refractivity contribution >= 4 is 23.5 Å². The van der Waals surface area contributed by atoms with E-state index in [2.05, 4.69) is 4.98 Å². The lowest BCUT2D eigenvalue weighted by Crippen LogP contribution is -2.50. The summed E-state index contributed by atoms with van der Waals surface area (Å²) < 4.78 is 0. The van der Waals surface area contributed by atoms with Gasteiger partial charge < -0.3 is 10.0 Å². The molecule has 1 N–H and O–H groups in total. The van der Waals surface area contributed by atoms with Crippen molar-refractivity contribution in [2.75, 3.05) is 6.54 Å². The standard InChI is InChI=1S/C15H19ClN2O3/c1-9(2)11-7-10(8-12(16)17-11)13(19)18-6-4-5-15(18,3)14(20)21/h7-9H,4-6H2,1-3H3,(H,20,21). The van der Waals surface area contributed by atoms with Crippen LogP contribution >= 0.6 is 11.6 Å². The molecule has 1 aromatic heterocycles. The van der Waals surface area contributed by atoms with Crippen LogP contribution in [0.4, 0.5) is 0 Å². The third kappa shape index (κ3) is 2.88. The molecule has 21 heavy (non-hydrogen) atoms. The first-order chi connectivity index (χ1) is 9.75. The van der Waals surface area contributed by atoms with Crippen molar-refractivity contribution in [3.8, 4) is 0 Å². The number of nitrogens with zero attached hydrogens (tertiary/aromatic N) is 2. The van der Waals surface area contributed by atoms with Gasteiger partial charge in [0.15, 0.2) is 0 Å². The molecule has 2 heterocycles. The van der Waals surface area contributed by atoms with Crippen LogP contribution in [0.15, 0.2) is 12.1 Å². The molecular formula is C15H19ClN2O3. The van der Waals surface area contributed by atoms with Crippen molar-refractivity contribution < 1.29 is 14.7 Å². The van der Waals surface area contributed by atoms with Crippen LogP contribution in [0.25, 0.3) is 0 Å². The van der Waals surface area contributed by atoms with Crippen LogP contribution in [0, 0.1) is 0 Å². The first-order valence-electron chi connectivity index (χ1n) is 6.98. The van der Waals surface area contributed by atoms with Gasteiger partial charge in [-0.1, -0.05) is 25.4 Å². The third-order valence-corrected chi connectivity index (χ3v) is 4.19. The summed E-state index contributed by atoms with van der Waals surface area (Å²) in [6.07, 6.45) is 1.15. The van der Waals surface area contributed by atoms with E-state index in [0.717, 1.165) is 5.69 Å². The van der Waals surface area contributed by atoms with Gasteiger partial charge in [-0.25, -0.2) is 9.78 Å². The second-order valence-electron chi connectivity index (χ2n) is 5.90. The maximum atomic E-state index is 12.7. The summed E-state index contributed by atoms with van der Waals surface area (Å²) in [5, 5.41) is 9.65. The molecule has 0 aromatic carbocycles. The number of amides is 1. The van der Waals surface area contributed by atoms with Crippen LogP contribution in [0.1, 0.15) is 55.6 Å². The maximum Gasteiger partial charge on any atom is 0.329 e. The van der Waals surface area contributed by atoms with Crippen molar-refractivity contribution in [2.45, 2.75) is 45.1 Å². The number of carboxylic acid groups (broad SMARTS) is 1. The molecule has 1 amide bonds. The van der Waals surface area contributed by atoms with Crippen LogP contribution in [0.2, 0.25) is 5.15 Å². The van der Waals surface area contributed by atoms with Crippen LogP contribution in [-0.4, -0.2) is 39.0 Å². The van der Waals surface area contributed by atoms with Gasteiger partial charge in [0.2, 0.25) is 0 Å². The van der Waals surface area contributed by atoms with Crippen LogP contribution in [0.3, 0.4) is 0 Å². The summed E-state index contributed by atoms with van der Waals surface area (Å²) >= 11 is 5.98. The van der Waals surface area contributed by atoms with E-state index in [4.69, 9.17) is 11.6 Å². The van der Waals surface area contributed by atoms with Crippen molar-refractivity contribution in [3.05, 3.63) is 28.5 Å². The molecular weight excluding hydrogens is 292 g/mol. The predicted molar refractivity (Wildman–Crippen MR) is 79.6 cm³/mol. The number of pyridine rings is 1. The fourth-order valence-electron chi connectivity index (χ4n) is 2.60. The van der Waals surface area contributed by atoms with E-state index in [-0.39, 0.29) is 17.0 Å². The maximum absolute atomic E-state index is 12.7. The van der Waals surface area contributed by atoms with E-state index in [9.17, 15) is 14.7 Å². The average Bonchev–Trinajstić information content (AvgIpc) is 2.80. The zero-order valence-electron chi connectivity index (χ0n) is 12.4. The molecule has 2 rings (SSSR count). The number of hydrogen-bond donors (Lipinski definition) is 1. The fourth-order valence-corrected chi connectivity index (χ4v) is 2.82. The number of carbonyl (C=O) groups is 2. The van der Waals surface area contributed by atoms with Crippen molar-refractivity contribution in [2.24, 2.45) is 0 Å². The number of hydrogen-bond acceptors (Lipinski definition) is 3. The number of carboxylic acids is 1. The Morgan fingerprint density at radius 2 is 2.10 bits per heavy atom. The zero-order valence-corrected chi connectivity index (χ0v) is 13.1. The molecule has 1 fully saturated rings. The van der Waals surface area contributed by atoms with Crippen molar-refractivity contribution in [3.63, 3.8) is 0 Å². The second kappa shape index (κ2) is 5.64. The molecule has 0 saturated carbocycles. The number of rotatable bonds is 3. The largest absolute Gasteiger partial charge is 0.480 e. The predicted octanol–water partition coefficient (Wildman–Crippen LogP) is 2.94. The topological polar surface area (TPSA) is 70.5 Å². The van der Waals surface area contributed by atoms with Gasteiger partial charge in [-0.3, -0.25) is 4.79 Å². The highest BCUT2D eigenvalue weighted by Crippen LogP contribution is 2.31. The number of aromatic nitrogens is 1. The quantitative estimate of drug-likeness (QED) is 0.871. The second-order valence-corrected chi connectivity index (χ2v) is 6.28. The number of carbonyl (C=O) groups excluding carboxylic acids is 1. The molecule has 0 spiro atoms. The Bertz CT molecular complexity index is 588. The molecule has 0 bridgehead atoms. The molecule has 114 valence electrons. The zero-order chi connectivity index (χ0) is 15.8. The average molecular weight is 311 g/mol. The van der Waals surface area contributed by atoms with Crippen LogP contribution in [-0.2, 0) is 4.79 Å². The molecule has 1 aliphatic heterocycles. The number of likely N-dealkylation sites (tertiary alicyclic amines) is 1. The Labute approximate surface area is 128 Å². The van der Waals surface area contributed by atoms with Crippen molar-refractivity contribution in [1.82, 2.24) is 9.88 Å². The van der Waals surface area contributed by atoms with Gasteiger partial charge in [-0.2, -0.15) is 0 Å². The van der Waals surface area contributed by atoms with Gasteiger partial charge in [0.25, 0.3) is 5.91 Å². The lowest BCUT2D eigenvalue weighted by atomic mass is 9.98. The Kier molecular flexibility index (Phi) is 4.23. The van der Waals surface area contributed by atoms with E-state index in [1.807, 2.05) is 13.8 Å². The fraction of sp³-hybridized carbons (Fsp3) is 0.533. The van der Waals surface area contributed by atoms with Crippen LogP contribution < -0.4 is 0 Å². The minimum absolute atomic E-state index is 0.139. The summed E-state index contributed by atoms with van der Waals surface area (Å²) in [6, 6.07) is 3.19. The Morgan fingerprint density at radius 3 is 2.67 bits per heavy atom. The van der Waals surface area contributed by atoms with Crippen LogP contribution in [0.5, 0.6) is 0 Å². The molecule has 5 nitrogen and oxygen atoms in total. The first-order valence-corrected chi connectivity index (χ1v) is 7.36. The van der Waals surface area contributed by atoms with Gasteiger partial charge in [0.1, 0.15) is 10.7 Å². The Hall–Kier alpha value is -1.62. The highest BCUT2D eigenvalue weighted by atomic mass is 35.5. The summed E-state index contributed by atoms with van der Waals surface area (Å²) in [5.74, 6) is -1.14. The lowest BCUT2D eigenvalue weighted by molar-refractivity contribution is -0.147. The van der Waals surface area contributed by atoms with E-state index >= 15 is 0 Å². The minimum atomic E-state index is -1.15. The van der Waals surface area contributed by atoms with E-state index in [0.29, 0.717) is 24.9 Å². The summed E-state index contributed by atoms with van der Waals surface area (Å²) in [4.78, 5) is 29.8. The molecule has 0 aliphatic carbocycles. The van der Waals surface area contributed by atoms with E-state index in [1.54, 1.807) is 13.0 Å².